The minimum atomic E-state index is -0.967. The van der Waals surface area contributed by atoms with Crippen LogP contribution in [-0.2, 0) is 9.53 Å². The summed E-state index contributed by atoms with van der Waals surface area (Å²) in [6.07, 6.45) is 2.49. The van der Waals surface area contributed by atoms with Gasteiger partial charge in [-0.25, -0.2) is 0 Å². The molecule has 118 valence electrons. The van der Waals surface area contributed by atoms with Crippen LogP contribution in [0.15, 0.2) is 12.2 Å². The van der Waals surface area contributed by atoms with Crippen molar-refractivity contribution in [1.29, 1.82) is 0 Å². The van der Waals surface area contributed by atoms with Crippen molar-refractivity contribution in [2.45, 2.75) is 58.2 Å². The van der Waals surface area contributed by atoms with Crippen LogP contribution in [0.5, 0.6) is 0 Å². The first-order chi connectivity index (χ1) is 9.87. The second-order valence-corrected chi connectivity index (χ2v) is 7.33. The van der Waals surface area contributed by atoms with Crippen LogP contribution in [0.4, 0.5) is 0 Å². The van der Waals surface area contributed by atoms with E-state index in [2.05, 4.69) is 6.58 Å². The van der Waals surface area contributed by atoms with Crippen LogP contribution in [0.3, 0.4) is 0 Å². The molecule has 6 atom stereocenters. The van der Waals surface area contributed by atoms with E-state index >= 15 is 0 Å². The first kappa shape index (κ1) is 15.0. The lowest BCUT2D eigenvalue weighted by Crippen LogP contribution is -2.64. The first-order valence-corrected chi connectivity index (χ1v) is 8.06. The van der Waals surface area contributed by atoms with Gasteiger partial charge < -0.3 is 14.9 Å². The van der Waals surface area contributed by atoms with E-state index in [0.29, 0.717) is 12.8 Å². The van der Waals surface area contributed by atoms with Crippen molar-refractivity contribution >= 4 is 5.97 Å². The summed E-state index contributed by atoms with van der Waals surface area (Å²) in [6.45, 7) is 8.44. The second-order valence-electron chi connectivity index (χ2n) is 7.33. The van der Waals surface area contributed by atoms with E-state index in [1.807, 2.05) is 13.8 Å². The van der Waals surface area contributed by atoms with Gasteiger partial charge in [0, 0.05) is 12.3 Å². The fourth-order valence-electron chi connectivity index (χ4n) is 5.49. The number of aliphatic hydroxyl groups excluding tert-OH is 2. The summed E-state index contributed by atoms with van der Waals surface area (Å²) in [6, 6.07) is 0. The van der Waals surface area contributed by atoms with Gasteiger partial charge in [0.05, 0.1) is 18.8 Å². The molecule has 1 heterocycles. The highest BCUT2D eigenvalue weighted by Crippen LogP contribution is 2.66. The minimum absolute atomic E-state index is 0.0190. The molecule has 3 fully saturated rings. The number of allylic oxidation sites excluding steroid dienone is 1. The number of hydrogen-bond acceptors (Lipinski definition) is 4. The summed E-state index contributed by atoms with van der Waals surface area (Å²) in [5, 5.41) is 21.4. The molecule has 1 spiro atoms. The summed E-state index contributed by atoms with van der Waals surface area (Å²) in [5.41, 5.74) is -0.171. The molecule has 0 aromatic rings. The normalized spacial score (nSPS) is 49.8. The molecule has 1 unspecified atom stereocenters. The van der Waals surface area contributed by atoms with Gasteiger partial charge in [0.25, 0.3) is 0 Å². The fraction of sp³-hybridized carbons (Fsp3) is 0.824. The molecule has 4 heteroatoms. The van der Waals surface area contributed by atoms with E-state index in [1.165, 1.54) is 0 Å². The SMILES string of the molecule is C=C(C)C12CC[C@@H](C)[C@@]3(C(=O)OCC[C@H]3O)[C@@H]1[C@@H](O)CC2. The second kappa shape index (κ2) is 4.82. The number of ether oxygens (including phenoxy) is 1. The third-order valence-electron chi connectivity index (χ3n) is 6.60. The van der Waals surface area contributed by atoms with Crippen LogP contribution < -0.4 is 0 Å². The molecule has 1 saturated heterocycles. The number of cyclic esters (lactones) is 1. The van der Waals surface area contributed by atoms with Gasteiger partial charge in [0.2, 0.25) is 0 Å². The maximum atomic E-state index is 12.7. The van der Waals surface area contributed by atoms with Crippen LogP contribution in [-0.4, -0.2) is 35.0 Å². The minimum Gasteiger partial charge on any atom is -0.465 e. The number of carbonyl (C=O) groups excluding carboxylic acids is 1. The van der Waals surface area contributed by atoms with Crippen molar-refractivity contribution < 1.29 is 19.7 Å². The van der Waals surface area contributed by atoms with Crippen molar-refractivity contribution in [3.05, 3.63) is 12.2 Å². The Kier molecular flexibility index (Phi) is 3.45. The maximum Gasteiger partial charge on any atom is 0.315 e. The Morgan fingerprint density at radius 1 is 1.29 bits per heavy atom. The molecule has 1 aliphatic heterocycles. The number of fused-ring (bicyclic) bond motifs is 2. The van der Waals surface area contributed by atoms with Crippen molar-refractivity contribution in [2.75, 3.05) is 6.61 Å². The lowest BCUT2D eigenvalue weighted by atomic mass is 9.47. The van der Waals surface area contributed by atoms with E-state index in [0.717, 1.165) is 24.8 Å². The van der Waals surface area contributed by atoms with Crippen LogP contribution in [0.25, 0.3) is 0 Å². The van der Waals surface area contributed by atoms with Gasteiger partial charge in [0.1, 0.15) is 5.41 Å². The molecular formula is C17H26O4. The van der Waals surface area contributed by atoms with Gasteiger partial charge in [-0.2, -0.15) is 0 Å². The van der Waals surface area contributed by atoms with Crippen molar-refractivity contribution in [1.82, 2.24) is 0 Å². The predicted octanol–water partition coefficient (Wildman–Crippen LogP) is 2.04. The summed E-state index contributed by atoms with van der Waals surface area (Å²) >= 11 is 0. The molecule has 0 amide bonds. The van der Waals surface area contributed by atoms with Crippen LogP contribution in [0.2, 0.25) is 0 Å². The average Bonchev–Trinajstić information content (AvgIpc) is 2.77. The summed E-state index contributed by atoms with van der Waals surface area (Å²) < 4.78 is 5.35. The van der Waals surface area contributed by atoms with Crippen LogP contribution in [0.1, 0.15) is 46.0 Å². The van der Waals surface area contributed by atoms with E-state index < -0.39 is 17.6 Å². The Morgan fingerprint density at radius 2 is 1.95 bits per heavy atom. The van der Waals surface area contributed by atoms with Crippen molar-refractivity contribution in [2.24, 2.45) is 22.7 Å². The Morgan fingerprint density at radius 3 is 2.57 bits per heavy atom. The zero-order chi connectivity index (χ0) is 15.4. The van der Waals surface area contributed by atoms with Gasteiger partial charge in [0.15, 0.2) is 0 Å². The Hall–Kier alpha value is -0.870. The van der Waals surface area contributed by atoms with Gasteiger partial charge in [-0.05, 0) is 43.9 Å². The molecule has 4 nitrogen and oxygen atoms in total. The topological polar surface area (TPSA) is 66.8 Å². The van der Waals surface area contributed by atoms with Crippen LogP contribution in [0, 0.1) is 22.7 Å². The largest absolute Gasteiger partial charge is 0.465 e. The van der Waals surface area contributed by atoms with E-state index in [4.69, 9.17) is 4.74 Å². The average molecular weight is 294 g/mol. The monoisotopic (exact) mass is 294 g/mol. The zero-order valence-corrected chi connectivity index (χ0v) is 13.0. The number of aliphatic hydroxyl groups is 2. The molecule has 2 N–H and O–H groups in total. The Bertz CT molecular complexity index is 467. The molecule has 0 bridgehead atoms. The van der Waals surface area contributed by atoms with E-state index in [9.17, 15) is 15.0 Å². The van der Waals surface area contributed by atoms with Crippen molar-refractivity contribution in [3.63, 3.8) is 0 Å². The van der Waals surface area contributed by atoms with Gasteiger partial charge in [-0.15, -0.1) is 0 Å². The van der Waals surface area contributed by atoms with Crippen LogP contribution >= 0.6 is 0 Å². The molecule has 0 aromatic heterocycles. The first-order valence-electron chi connectivity index (χ1n) is 8.06. The highest BCUT2D eigenvalue weighted by molar-refractivity contribution is 5.80. The quantitative estimate of drug-likeness (QED) is 0.574. The molecule has 3 rings (SSSR count). The molecular weight excluding hydrogens is 268 g/mol. The molecule has 21 heavy (non-hydrogen) atoms. The third-order valence-corrected chi connectivity index (χ3v) is 6.60. The zero-order valence-electron chi connectivity index (χ0n) is 13.0. The summed E-state index contributed by atoms with van der Waals surface area (Å²) in [4.78, 5) is 12.7. The molecule has 3 aliphatic rings. The van der Waals surface area contributed by atoms with Gasteiger partial charge in [-0.3, -0.25) is 4.79 Å². The standard InChI is InChI=1S/C17H26O4/c1-10(2)16-7-4-11(3)17(14(16)12(18)5-8-16)13(19)6-9-21-15(17)20/h11-14,18-19H,1,4-9H2,2-3H3/t11-,12+,13-,14-,16?,17+/m1/s1. The highest BCUT2D eigenvalue weighted by atomic mass is 16.5. The smallest absolute Gasteiger partial charge is 0.315 e. The van der Waals surface area contributed by atoms with Gasteiger partial charge in [-0.1, -0.05) is 19.1 Å². The predicted molar refractivity (Wildman–Crippen MR) is 78.4 cm³/mol. The summed E-state index contributed by atoms with van der Waals surface area (Å²) in [5.74, 6) is -0.565. The molecule has 2 saturated carbocycles. The number of rotatable bonds is 1. The maximum absolute atomic E-state index is 12.7. The Balaban J connectivity index is 2.17. The fourth-order valence-corrected chi connectivity index (χ4v) is 5.49. The van der Waals surface area contributed by atoms with E-state index in [-0.39, 0.29) is 29.8 Å². The summed E-state index contributed by atoms with van der Waals surface area (Å²) in [7, 11) is 0. The lowest BCUT2D eigenvalue weighted by molar-refractivity contribution is -0.212. The molecule has 0 aromatic carbocycles. The van der Waals surface area contributed by atoms with E-state index in [1.54, 1.807) is 0 Å². The Labute approximate surface area is 126 Å². The van der Waals surface area contributed by atoms with Gasteiger partial charge >= 0.3 is 5.97 Å². The highest BCUT2D eigenvalue weighted by Gasteiger charge is 2.69. The third kappa shape index (κ3) is 1.72. The number of carbonyl (C=O) groups is 1. The molecule has 2 aliphatic carbocycles. The number of hydrogen-bond donors (Lipinski definition) is 2. The lowest BCUT2D eigenvalue weighted by Gasteiger charge is -2.57. The molecule has 0 radical (unpaired) electrons. The van der Waals surface area contributed by atoms with Crippen molar-refractivity contribution in [3.8, 4) is 0 Å². The number of esters is 1.